The monoisotopic (exact) mass is 496 g/mol. The number of carbonyl (C=O) groups excluding carboxylic acids is 2. The van der Waals surface area contributed by atoms with Crippen molar-refractivity contribution in [3.8, 4) is 5.75 Å². The van der Waals surface area contributed by atoms with Crippen LogP contribution in [0.5, 0.6) is 5.75 Å². The smallest absolute Gasteiger partial charge is 0.242 e. The first kappa shape index (κ1) is 24.7. The van der Waals surface area contributed by atoms with Gasteiger partial charge >= 0.3 is 0 Å². The molecule has 184 valence electrons. The van der Waals surface area contributed by atoms with Gasteiger partial charge in [-0.2, -0.15) is 0 Å². The number of methoxy groups -OCH3 is 1. The molecule has 10 nitrogen and oxygen atoms in total. The first-order valence-electron chi connectivity index (χ1n) is 11.2. The average molecular weight is 497 g/mol. The van der Waals surface area contributed by atoms with Gasteiger partial charge in [-0.3, -0.25) is 14.6 Å². The van der Waals surface area contributed by atoms with E-state index in [-0.39, 0.29) is 30.2 Å². The van der Waals surface area contributed by atoms with E-state index in [1.165, 1.54) is 11.8 Å². The third-order valence-electron chi connectivity index (χ3n) is 5.64. The summed E-state index contributed by atoms with van der Waals surface area (Å²) >= 11 is 1.30. The lowest BCUT2D eigenvalue weighted by Crippen LogP contribution is -2.40. The van der Waals surface area contributed by atoms with Crippen LogP contribution in [-0.2, 0) is 34.5 Å². The standard InChI is InChI=1S/C24H28N6O4S/c1-28-17-26-27-24(28)35-16-23(32)30-13-21(34-15-19-7-9-25-10-8-19)12-29(22(31)14-30)11-18-3-5-20(33-2)6-4-18/h3-10,17,21H,11-16H2,1-2H3/t21-/m1/s1. The second-order valence-electron chi connectivity index (χ2n) is 8.20. The summed E-state index contributed by atoms with van der Waals surface area (Å²) in [6.07, 6.45) is 4.68. The number of benzene rings is 1. The van der Waals surface area contributed by atoms with E-state index in [1.54, 1.807) is 40.2 Å². The van der Waals surface area contributed by atoms with Crippen LogP contribution >= 0.6 is 11.8 Å². The largest absolute Gasteiger partial charge is 0.497 e. The fourth-order valence-corrected chi connectivity index (χ4v) is 4.48. The highest BCUT2D eigenvalue weighted by molar-refractivity contribution is 7.99. The van der Waals surface area contributed by atoms with Crippen molar-refractivity contribution in [1.82, 2.24) is 29.5 Å². The van der Waals surface area contributed by atoms with Crippen molar-refractivity contribution in [2.45, 2.75) is 24.4 Å². The molecule has 0 radical (unpaired) electrons. The Bertz CT molecular complexity index is 1120. The van der Waals surface area contributed by atoms with E-state index >= 15 is 0 Å². The number of hydrogen-bond donors (Lipinski definition) is 0. The van der Waals surface area contributed by atoms with Gasteiger partial charge in [0.2, 0.25) is 11.8 Å². The van der Waals surface area contributed by atoms with E-state index in [0.717, 1.165) is 16.9 Å². The van der Waals surface area contributed by atoms with Gasteiger partial charge in [0.15, 0.2) is 5.16 Å². The van der Waals surface area contributed by atoms with Crippen molar-refractivity contribution in [3.63, 3.8) is 0 Å². The average Bonchev–Trinajstić information content (AvgIpc) is 3.22. The van der Waals surface area contributed by atoms with Gasteiger partial charge in [0.1, 0.15) is 12.1 Å². The van der Waals surface area contributed by atoms with Crippen molar-refractivity contribution >= 4 is 23.6 Å². The molecule has 0 spiro atoms. The van der Waals surface area contributed by atoms with E-state index < -0.39 is 0 Å². The number of thioether (sulfide) groups is 1. The van der Waals surface area contributed by atoms with Crippen molar-refractivity contribution in [2.75, 3.05) is 32.5 Å². The van der Waals surface area contributed by atoms with Crippen molar-refractivity contribution in [1.29, 1.82) is 0 Å². The Morgan fingerprint density at radius 2 is 1.89 bits per heavy atom. The lowest BCUT2D eigenvalue weighted by atomic mass is 10.2. The number of hydrogen-bond acceptors (Lipinski definition) is 8. The fraction of sp³-hybridized carbons (Fsp3) is 0.375. The maximum atomic E-state index is 13.2. The summed E-state index contributed by atoms with van der Waals surface area (Å²) < 4.78 is 13.2. The van der Waals surface area contributed by atoms with Crippen molar-refractivity contribution in [3.05, 3.63) is 66.2 Å². The zero-order chi connectivity index (χ0) is 24.6. The van der Waals surface area contributed by atoms with E-state index in [1.807, 2.05) is 43.4 Å². The molecular formula is C24H28N6O4S. The quantitative estimate of drug-likeness (QED) is 0.413. The van der Waals surface area contributed by atoms with Crippen LogP contribution in [0, 0.1) is 0 Å². The fourth-order valence-electron chi connectivity index (χ4n) is 3.69. The predicted molar refractivity (Wildman–Crippen MR) is 130 cm³/mol. The summed E-state index contributed by atoms with van der Waals surface area (Å²) in [5.74, 6) is 0.657. The number of carbonyl (C=O) groups is 2. The molecule has 0 unspecified atom stereocenters. The van der Waals surface area contributed by atoms with Gasteiger partial charge in [-0.1, -0.05) is 23.9 Å². The molecule has 2 amide bonds. The molecule has 3 heterocycles. The summed E-state index contributed by atoms with van der Waals surface area (Å²) in [6, 6.07) is 11.4. The molecule has 3 aromatic rings. The summed E-state index contributed by atoms with van der Waals surface area (Å²) in [5.41, 5.74) is 1.96. The van der Waals surface area contributed by atoms with Gasteiger partial charge < -0.3 is 23.8 Å². The van der Waals surface area contributed by atoms with Crippen LogP contribution in [0.25, 0.3) is 0 Å². The molecule has 4 rings (SSSR count). The van der Waals surface area contributed by atoms with Gasteiger partial charge in [0.25, 0.3) is 0 Å². The Morgan fingerprint density at radius 3 is 2.57 bits per heavy atom. The minimum absolute atomic E-state index is 0.00345. The lowest BCUT2D eigenvalue weighted by Gasteiger charge is -2.25. The van der Waals surface area contributed by atoms with E-state index in [0.29, 0.717) is 31.4 Å². The third-order valence-corrected chi connectivity index (χ3v) is 6.66. The summed E-state index contributed by atoms with van der Waals surface area (Å²) in [6.45, 7) is 1.51. The Balaban J connectivity index is 1.46. The highest BCUT2D eigenvalue weighted by atomic mass is 32.2. The van der Waals surface area contributed by atoms with Crippen LogP contribution in [0.3, 0.4) is 0 Å². The molecule has 0 aliphatic carbocycles. The van der Waals surface area contributed by atoms with Crippen LogP contribution in [0.4, 0.5) is 0 Å². The molecule has 0 bridgehead atoms. The zero-order valence-electron chi connectivity index (χ0n) is 19.7. The normalized spacial score (nSPS) is 16.3. The molecule has 1 saturated heterocycles. The maximum absolute atomic E-state index is 13.2. The number of pyridine rings is 1. The van der Waals surface area contributed by atoms with Crippen LogP contribution in [0.2, 0.25) is 0 Å². The minimum Gasteiger partial charge on any atom is -0.497 e. The first-order chi connectivity index (χ1) is 17.0. The SMILES string of the molecule is COc1ccc(CN2C[C@@H](OCc3ccncc3)CN(C(=O)CSc3nncn3C)CC2=O)cc1. The molecule has 1 aliphatic heterocycles. The molecule has 2 aromatic heterocycles. The van der Waals surface area contributed by atoms with Crippen LogP contribution in [-0.4, -0.2) is 80.0 Å². The van der Waals surface area contributed by atoms with Crippen molar-refractivity contribution in [2.24, 2.45) is 7.05 Å². The number of aryl methyl sites for hydroxylation is 1. The van der Waals surface area contributed by atoms with E-state index in [2.05, 4.69) is 15.2 Å². The molecule has 1 atom stereocenters. The summed E-state index contributed by atoms with van der Waals surface area (Å²) in [5, 5.41) is 8.49. The van der Waals surface area contributed by atoms with E-state index in [4.69, 9.17) is 9.47 Å². The molecule has 11 heteroatoms. The van der Waals surface area contributed by atoms with Gasteiger partial charge in [0, 0.05) is 39.1 Å². The molecule has 1 aromatic carbocycles. The number of nitrogens with zero attached hydrogens (tertiary/aromatic N) is 6. The molecule has 0 saturated carbocycles. The highest BCUT2D eigenvalue weighted by Crippen LogP contribution is 2.19. The zero-order valence-corrected chi connectivity index (χ0v) is 20.6. The summed E-state index contributed by atoms with van der Waals surface area (Å²) in [4.78, 5) is 33.6. The van der Waals surface area contributed by atoms with Crippen LogP contribution < -0.4 is 4.74 Å². The molecular weight excluding hydrogens is 468 g/mol. The van der Waals surface area contributed by atoms with Gasteiger partial charge in [-0.15, -0.1) is 10.2 Å². The topological polar surface area (TPSA) is 103 Å². The highest BCUT2D eigenvalue weighted by Gasteiger charge is 2.31. The third kappa shape index (κ3) is 6.80. The molecule has 0 N–H and O–H groups in total. The number of aromatic nitrogens is 4. The second kappa shape index (κ2) is 11.8. The Kier molecular flexibility index (Phi) is 8.32. The Morgan fingerprint density at radius 1 is 1.11 bits per heavy atom. The summed E-state index contributed by atoms with van der Waals surface area (Å²) in [7, 11) is 3.44. The molecule has 1 fully saturated rings. The number of amides is 2. The minimum atomic E-state index is -0.336. The second-order valence-corrected chi connectivity index (χ2v) is 9.14. The Hall–Kier alpha value is -3.44. The predicted octanol–water partition coefficient (Wildman–Crippen LogP) is 1.77. The first-order valence-corrected chi connectivity index (χ1v) is 12.2. The molecule has 35 heavy (non-hydrogen) atoms. The maximum Gasteiger partial charge on any atom is 0.242 e. The number of ether oxygens (including phenoxy) is 2. The number of rotatable bonds is 9. The van der Waals surface area contributed by atoms with Crippen LogP contribution in [0.1, 0.15) is 11.1 Å². The van der Waals surface area contributed by atoms with E-state index in [9.17, 15) is 9.59 Å². The van der Waals surface area contributed by atoms with Gasteiger partial charge in [-0.05, 0) is 35.4 Å². The van der Waals surface area contributed by atoms with Crippen LogP contribution in [0.15, 0.2) is 60.3 Å². The molecule has 1 aliphatic rings. The Labute approximate surface area is 208 Å². The van der Waals surface area contributed by atoms with Crippen molar-refractivity contribution < 1.29 is 19.1 Å². The van der Waals surface area contributed by atoms with Gasteiger partial charge in [-0.25, -0.2) is 0 Å². The van der Waals surface area contributed by atoms with Gasteiger partial charge in [0.05, 0.1) is 32.1 Å². The lowest BCUT2D eigenvalue weighted by molar-refractivity contribution is -0.137.